The number of amides is 1. The first-order chi connectivity index (χ1) is 15.6. The van der Waals surface area contributed by atoms with Crippen LogP contribution in [0.4, 0.5) is 5.69 Å². The van der Waals surface area contributed by atoms with Gasteiger partial charge in [-0.25, -0.2) is 0 Å². The molecule has 1 fully saturated rings. The van der Waals surface area contributed by atoms with Gasteiger partial charge in [0.1, 0.15) is 0 Å². The molecule has 166 valence electrons. The van der Waals surface area contributed by atoms with Crippen molar-refractivity contribution < 1.29 is 4.79 Å². The smallest absolute Gasteiger partial charge is 0.227 e. The molecule has 3 nitrogen and oxygen atoms in total. The minimum Gasteiger partial charge on any atom is -0.326 e. The molecular weight excluding hydrogens is 480 g/mol. The average Bonchev–Trinajstić information content (AvgIpc) is 2.80. The number of thioether (sulfide) groups is 1. The van der Waals surface area contributed by atoms with Crippen LogP contribution in [0.1, 0.15) is 29.5 Å². The SMILES string of the molecule is Cc1cc(CSc2ccccc2)ccc1NC(=O)C1CCN(Cc2cccc(Br)c2)CC1. The number of hydrogen-bond acceptors (Lipinski definition) is 3. The van der Waals surface area contributed by atoms with Gasteiger partial charge in [0, 0.05) is 33.3 Å². The Bertz CT molecular complexity index is 1050. The molecule has 1 amide bonds. The van der Waals surface area contributed by atoms with Crippen molar-refractivity contribution in [3.63, 3.8) is 0 Å². The van der Waals surface area contributed by atoms with Gasteiger partial charge in [-0.2, -0.15) is 0 Å². The van der Waals surface area contributed by atoms with Gasteiger partial charge in [0.25, 0.3) is 0 Å². The van der Waals surface area contributed by atoms with E-state index in [1.165, 1.54) is 16.0 Å². The molecule has 0 aliphatic carbocycles. The molecule has 0 aromatic heterocycles. The van der Waals surface area contributed by atoms with Crippen LogP contribution in [0.2, 0.25) is 0 Å². The van der Waals surface area contributed by atoms with E-state index in [4.69, 9.17) is 0 Å². The predicted octanol–water partition coefficient (Wildman–Crippen LogP) is 6.90. The third-order valence-electron chi connectivity index (χ3n) is 5.95. The molecule has 0 unspecified atom stereocenters. The van der Waals surface area contributed by atoms with Crippen LogP contribution in [0.3, 0.4) is 0 Å². The molecule has 5 heteroatoms. The lowest BCUT2D eigenvalue weighted by Gasteiger charge is -2.31. The Hall–Kier alpha value is -2.08. The molecule has 3 aromatic rings. The van der Waals surface area contributed by atoms with Gasteiger partial charge in [-0.3, -0.25) is 9.69 Å². The van der Waals surface area contributed by atoms with Crippen LogP contribution < -0.4 is 5.32 Å². The van der Waals surface area contributed by atoms with E-state index in [0.717, 1.165) is 54.0 Å². The molecule has 3 aromatic carbocycles. The normalized spacial score (nSPS) is 14.9. The monoisotopic (exact) mass is 508 g/mol. The molecular formula is C27H29BrN2OS. The first kappa shape index (κ1) is 23.1. The van der Waals surface area contributed by atoms with Gasteiger partial charge in [-0.1, -0.05) is 58.4 Å². The molecule has 0 atom stereocenters. The van der Waals surface area contributed by atoms with Crippen molar-refractivity contribution in [3.05, 3.63) is 94.0 Å². The van der Waals surface area contributed by atoms with Crippen molar-refractivity contribution in [2.75, 3.05) is 18.4 Å². The summed E-state index contributed by atoms with van der Waals surface area (Å²) in [4.78, 5) is 16.6. The molecule has 0 saturated carbocycles. The number of carbonyl (C=O) groups is 1. The zero-order chi connectivity index (χ0) is 22.3. The van der Waals surface area contributed by atoms with E-state index in [1.807, 2.05) is 17.8 Å². The number of carbonyl (C=O) groups excluding carboxylic acids is 1. The van der Waals surface area contributed by atoms with Crippen molar-refractivity contribution in [1.82, 2.24) is 4.90 Å². The predicted molar refractivity (Wildman–Crippen MR) is 138 cm³/mol. The molecule has 1 aliphatic rings. The summed E-state index contributed by atoms with van der Waals surface area (Å²) in [5, 5.41) is 3.18. The zero-order valence-electron chi connectivity index (χ0n) is 18.4. The number of likely N-dealkylation sites (tertiary alicyclic amines) is 1. The summed E-state index contributed by atoms with van der Waals surface area (Å²) in [7, 11) is 0. The maximum absolute atomic E-state index is 12.9. The van der Waals surface area contributed by atoms with Crippen molar-refractivity contribution in [1.29, 1.82) is 0 Å². The topological polar surface area (TPSA) is 32.3 Å². The summed E-state index contributed by atoms with van der Waals surface area (Å²) in [6, 6.07) is 25.3. The summed E-state index contributed by atoms with van der Waals surface area (Å²) < 4.78 is 1.12. The van der Waals surface area contributed by atoms with Crippen LogP contribution in [0.5, 0.6) is 0 Å². The fourth-order valence-corrected chi connectivity index (χ4v) is 5.43. The second kappa shape index (κ2) is 11.2. The molecule has 4 rings (SSSR count). The van der Waals surface area contributed by atoms with Crippen LogP contribution in [-0.4, -0.2) is 23.9 Å². The number of nitrogens with zero attached hydrogens (tertiary/aromatic N) is 1. The maximum Gasteiger partial charge on any atom is 0.227 e. The lowest BCUT2D eigenvalue weighted by Crippen LogP contribution is -2.37. The van der Waals surface area contributed by atoms with Gasteiger partial charge in [0.05, 0.1) is 0 Å². The first-order valence-corrected chi connectivity index (χ1v) is 12.9. The number of benzene rings is 3. The van der Waals surface area contributed by atoms with Crippen LogP contribution in [0.25, 0.3) is 0 Å². The van der Waals surface area contributed by atoms with Crippen LogP contribution in [-0.2, 0) is 17.1 Å². The molecule has 1 N–H and O–H groups in total. The summed E-state index contributed by atoms with van der Waals surface area (Å²) in [5.74, 6) is 1.17. The summed E-state index contributed by atoms with van der Waals surface area (Å²) in [5.41, 5.74) is 4.63. The Morgan fingerprint density at radius 2 is 1.78 bits per heavy atom. The Kier molecular flexibility index (Phi) is 8.06. The Morgan fingerprint density at radius 1 is 1.00 bits per heavy atom. The number of hydrogen-bond donors (Lipinski definition) is 1. The molecule has 1 aliphatic heterocycles. The van der Waals surface area contributed by atoms with Gasteiger partial charge in [0.2, 0.25) is 5.91 Å². The quantitative estimate of drug-likeness (QED) is 0.352. The maximum atomic E-state index is 12.9. The molecule has 0 bridgehead atoms. The highest BCUT2D eigenvalue weighted by Crippen LogP contribution is 2.26. The Morgan fingerprint density at radius 3 is 2.50 bits per heavy atom. The van der Waals surface area contributed by atoms with E-state index in [9.17, 15) is 4.79 Å². The second-order valence-corrected chi connectivity index (χ2v) is 10.4. The number of nitrogens with one attached hydrogen (secondary N) is 1. The Balaban J connectivity index is 1.26. The fourth-order valence-electron chi connectivity index (χ4n) is 4.12. The first-order valence-electron chi connectivity index (χ1n) is 11.1. The van der Waals surface area contributed by atoms with Crippen molar-refractivity contribution in [2.24, 2.45) is 5.92 Å². The van der Waals surface area contributed by atoms with Gasteiger partial charge >= 0.3 is 0 Å². The largest absolute Gasteiger partial charge is 0.326 e. The highest BCUT2D eigenvalue weighted by atomic mass is 79.9. The summed E-state index contributed by atoms with van der Waals surface area (Å²) in [6.45, 7) is 4.93. The van der Waals surface area contributed by atoms with Crippen molar-refractivity contribution in [3.8, 4) is 0 Å². The van der Waals surface area contributed by atoms with Gasteiger partial charge in [-0.05, 0) is 79.9 Å². The third kappa shape index (κ3) is 6.47. The van der Waals surface area contributed by atoms with Crippen molar-refractivity contribution in [2.45, 2.75) is 37.0 Å². The fraction of sp³-hybridized carbons (Fsp3) is 0.296. The standard InChI is InChI=1S/C27H29BrN2OS/c1-20-16-22(19-32-25-8-3-2-4-9-25)10-11-26(20)29-27(31)23-12-14-30(15-13-23)18-21-6-5-7-24(28)17-21/h2-11,16-17,23H,12-15,18-19H2,1H3,(H,29,31). The number of halogens is 1. The van der Waals surface area contributed by atoms with E-state index in [0.29, 0.717) is 0 Å². The summed E-state index contributed by atoms with van der Waals surface area (Å²) >= 11 is 5.38. The highest BCUT2D eigenvalue weighted by molar-refractivity contribution is 9.10. The van der Waals surface area contributed by atoms with Crippen LogP contribution in [0.15, 0.2) is 82.2 Å². The molecule has 1 saturated heterocycles. The molecule has 0 spiro atoms. The van der Waals surface area contributed by atoms with Crippen LogP contribution >= 0.6 is 27.7 Å². The molecule has 1 heterocycles. The zero-order valence-corrected chi connectivity index (χ0v) is 20.8. The van der Waals surface area contributed by atoms with E-state index >= 15 is 0 Å². The third-order valence-corrected chi connectivity index (χ3v) is 7.53. The van der Waals surface area contributed by atoms with Crippen molar-refractivity contribution >= 4 is 39.3 Å². The van der Waals surface area contributed by atoms with E-state index in [-0.39, 0.29) is 11.8 Å². The van der Waals surface area contributed by atoms with Gasteiger partial charge in [-0.15, -0.1) is 11.8 Å². The lowest BCUT2D eigenvalue weighted by molar-refractivity contribution is -0.121. The molecule has 0 radical (unpaired) electrons. The minimum absolute atomic E-state index is 0.0847. The van der Waals surface area contributed by atoms with Gasteiger partial charge in [0.15, 0.2) is 0 Å². The van der Waals surface area contributed by atoms with E-state index in [2.05, 4.69) is 99.8 Å². The number of piperidine rings is 1. The second-order valence-electron chi connectivity index (χ2n) is 8.42. The summed E-state index contributed by atoms with van der Waals surface area (Å²) in [6.07, 6.45) is 1.81. The van der Waals surface area contributed by atoms with E-state index in [1.54, 1.807) is 0 Å². The Labute approximate surface area is 203 Å². The lowest BCUT2D eigenvalue weighted by atomic mass is 9.95. The number of anilines is 1. The number of aryl methyl sites for hydroxylation is 1. The van der Waals surface area contributed by atoms with Crippen LogP contribution in [0, 0.1) is 12.8 Å². The number of rotatable bonds is 7. The highest BCUT2D eigenvalue weighted by Gasteiger charge is 2.25. The average molecular weight is 510 g/mol. The minimum atomic E-state index is 0.0847. The molecule has 32 heavy (non-hydrogen) atoms. The van der Waals surface area contributed by atoms with Gasteiger partial charge < -0.3 is 5.32 Å². The van der Waals surface area contributed by atoms with E-state index < -0.39 is 0 Å².